The first-order valence-electron chi connectivity index (χ1n) is 3.33. The van der Waals surface area contributed by atoms with E-state index in [0.717, 1.165) is 0 Å². The van der Waals surface area contributed by atoms with Crippen LogP contribution in [0.25, 0.3) is 0 Å². The maximum Gasteiger partial charge on any atom is 0.338 e. The van der Waals surface area contributed by atoms with E-state index in [0.29, 0.717) is 5.75 Å². The van der Waals surface area contributed by atoms with E-state index in [2.05, 4.69) is 0 Å². The topological polar surface area (TPSA) is 46.5 Å². The van der Waals surface area contributed by atoms with E-state index in [1.165, 1.54) is 19.2 Å². The molecule has 0 unspecified atom stereocenters. The number of ether oxygens (including phenoxy) is 1. The highest BCUT2D eigenvalue weighted by molar-refractivity contribution is 6.40. The van der Waals surface area contributed by atoms with Crippen LogP contribution in [-0.2, 0) is 0 Å². The molecule has 0 radical (unpaired) electrons. The number of carboxylic acid groups (broad SMARTS) is 1. The van der Waals surface area contributed by atoms with Crippen molar-refractivity contribution in [1.82, 2.24) is 0 Å². The average molecular weight is 221 g/mol. The summed E-state index contributed by atoms with van der Waals surface area (Å²) in [4.78, 5) is 10.7. The molecule has 1 aromatic rings. The number of benzene rings is 1. The number of rotatable bonds is 2. The molecule has 3 nitrogen and oxygen atoms in total. The zero-order chi connectivity index (χ0) is 10.0. The van der Waals surface area contributed by atoms with Crippen molar-refractivity contribution in [3.05, 3.63) is 27.7 Å². The summed E-state index contributed by atoms with van der Waals surface area (Å²) in [6.45, 7) is 0. The Morgan fingerprint density at radius 1 is 1.46 bits per heavy atom. The molecule has 0 aliphatic heterocycles. The molecule has 13 heavy (non-hydrogen) atoms. The fourth-order valence-electron chi connectivity index (χ4n) is 0.887. The van der Waals surface area contributed by atoms with E-state index >= 15 is 0 Å². The van der Waals surface area contributed by atoms with Crippen molar-refractivity contribution in [3.63, 3.8) is 0 Å². The Hall–Kier alpha value is -0.930. The number of methoxy groups -OCH3 is 1. The van der Waals surface area contributed by atoms with Crippen LogP contribution in [0.3, 0.4) is 0 Å². The van der Waals surface area contributed by atoms with Crippen molar-refractivity contribution >= 4 is 29.2 Å². The first-order valence-corrected chi connectivity index (χ1v) is 4.08. The summed E-state index contributed by atoms with van der Waals surface area (Å²) in [5, 5.41) is 8.85. The molecule has 0 saturated heterocycles. The molecule has 0 heterocycles. The van der Waals surface area contributed by atoms with Gasteiger partial charge in [0, 0.05) is 0 Å². The van der Waals surface area contributed by atoms with Crippen LogP contribution in [0.1, 0.15) is 10.4 Å². The van der Waals surface area contributed by atoms with Gasteiger partial charge in [-0.25, -0.2) is 4.79 Å². The molecule has 1 aromatic carbocycles. The van der Waals surface area contributed by atoms with Crippen molar-refractivity contribution in [2.75, 3.05) is 7.11 Å². The molecule has 0 aliphatic rings. The maximum absolute atomic E-state index is 10.7. The molecule has 1 N–H and O–H groups in total. The minimum absolute atomic E-state index is 0.0162. The third kappa shape index (κ3) is 1.87. The maximum atomic E-state index is 10.7. The lowest BCUT2D eigenvalue weighted by atomic mass is 10.2. The summed E-state index contributed by atoms with van der Waals surface area (Å²) in [7, 11) is 1.40. The van der Waals surface area contributed by atoms with Crippen LogP contribution in [0.2, 0.25) is 10.0 Å². The number of carboxylic acids is 1. The molecule has 0 aromatic heterocycles. The molecule has 0 amide bonds. The third-order valence-electron chi connectivity index (χ3n) is 1.49. The fraction of sp³-hybridized carbons (Fsp3) is 0.125. The summed E-state index contributed by atoms with van der Waals surface area (Å²) >= 11 is 11.4. The first kappa shape index (κ1) is 10.2. The molecule has 70 valence electrons. The van der Waals surface area contributed by atoms with Crippen LogP contribution < -0.4 is 4.74 Å². The zero-order valence-corrected chi connectivity index (χ0v) is 8.19. The highest BCUT2D eigenvalue weighted by atomic mass is 35.5. The van der Waals surface area contributed by atoms with Gasteiger partial charge in [0.05, 0.1) is 17.2 Å². The van der Waals surface area contributed by atoms with Gasteiger partial charge in [-0.1, -0.05) is 23.2 Å². The van der Waals surface area contributed by atoms with E-state index in [1.807, 2.05) is 0 Å². The smallest absolute Gasteiger partial charge is 0.338 e. The van der Waals surface area contributed by atoms with Gasteiger partial charge in [0.25, 0.3) is 0 Å². The van der Waals surface area contributed by atoms with Crippen LogP contribution in [0.5, 0.6) is 5.75 Å². The van der Waals surface area contributed by atoms with Gasteiger partial charge in [-0.15, -0.1) is 0 Å². The summed E-state index contributed by atoms with van der Waals surface area (Å²) < 4.78 is 4.84. The summed E-state index contributed by atoms with van der Waals surface area (Å²) in [5.41, 5.74) is -0.136. The quantitative estimate of drug-likeness (QED) is 0.834. The monoisotopic (exact) mass is 220 g/mol. The molecular weight excluding hydrogens is 215 g/mol. The van der Waals surface area contributed by atoms with Crippen molar-refractivity contribution in [1.29, 1.82) is 0 Å². The van der Waals surface area contributed by atoms with Gasteiger partial charge in [-0.2, -0.15) is 0 Å². The summed E-state index contributed by atoms with van der Waals surface area (Å²) in [6, 6.07) is 2.94. The van der Waals surface area contributed by atoms with E-state index in [1.54, 1.807) is 0 Å². The minimum atomic E-state index is -1.17. The molecule has 0 bridgehead atoms. The Kier molecular flexibility index (Phi) is 3.01. The number of halogens is 2. The second kappa shape index (κ2) is 3.85. The van der Waals surface area contributed by atoms with Gasteiger partial charge < -0.3 is 9.84 Å². The van der Waals surface area contributed by atoms with E-state index in [-0.39, 0.29) is 15.6 Å². The van der Waals surface area contributed by atoms with Crippen molar-refractivity contribution < 1.29 is 14.6 Å². The van der Waals surface area contributed by atoms with Crippen molar-refractivity contribution in [2.24, 2.45) is 0 Å². The third-order valence-corrected chi connectivity index (χ3v) is 2.18. The standard InChI is InChI=1S/C8H6Cl2O3/c1-13-5-3-2-4(9)6(7(5)10)8(11)12/h2-3H,1H3,(H,11,12). The highest BCUT2D eigenvalue weighted by Gasteiger charge is 2.16. The SMILES string of the molecule is COc1ccc(Cl)c(C(=O)O)c1Cl. The van der Waals surface area contributed by atoms with Crippen molar-refractivity contribution in [2.45, 2.75) is 0 Å². The van der Waals surface area contributed by atoms with Crippen LogP contribution in [-0.4, -0.2) is 18.2 Å². The summed E-state index contributed by atoms with van der Waals surface area (Å²) in [5.74, 6) is -0.877. The zero-order valence-electron chi connectivity index (χ0n) is 6.67. The molecule has 5 heteroatoms. The second-order valence-electron chi connectivity index (χ2n) is 2.24. The summed E-state index contributed by atoms with van der Waals surface area (Å²) in [6.07, 6.45) is 0. The van der Waals surface area contributed by atoms with Crippen LogP contribution >= 0.6 is 23.2 Å². The van der Waals surface area contributed by atoms with Gasteiger partial charge in [-0.05, 0) is 12.1 Å². The van der Waals surface area contributed by atoms with Crippen molar-refractivity contribution in [3.8, 4) is 5.75 Å². The van der Waals surface area contributed by atoms with E-state index in [9.17, 15) is 4.79 Å². The molecule has 0 fully saturated rings. The second-order valence-corrected chi connectivity index (χ2v) is 3.03. The highest BCUT2D eigenvalue weighted by Crippen LogP contribution is 2.32. The molecule has 0 saturated carbocycles. The largest absolute Gasteiger partial charge is 0.495 e. The molecular formula is C8H6Cl2O3. The number of carbonyl (C=O) groups is 1. The van der Waals surface area contributed by atoms with Crippen LogP contribution in [0.15, 0.2) is 12.1 Å². The Morgan fingerprint density at radius 3 is 2.54 bits per heavy atom. The Labute approximate surface area is 84.8 Å². The van der Waals surface area contributed by atoms with Gasteiger partial charge in [0.2, 0.25) is 0 Å². The van der Waals surface area contributed by atoms with Crippen LogP contribution in [0.4, 0.5) is 0 Å². The normalized spacial score (nSPS) is 9.77. The molecule has 0 atom stereocenters. The molecule has 0 aliphatic carbocycles. The number of hydrogen-bond donors (Lipinski definition) is 1. The predicted molar refractivity (Wildman–Crippen MR) is 50.0 cm³/mol. The first-order chi connectivity index (χ1) is 6.07. The number of aromatic carboxylic acids is 1. The van der Waals surface area contributed by atoms with Gasteiger partial charge in [0.15, 0.2) is 0 Å². The lowest BCUT2D eigenvalue weighted by Gasteiger charge is -2.06. The van der Waals surface area contributed by atoms with Gasteiger partial charge >= 0.3 is 5.97 Å². The van der Waals surface area contributed by atoms with E-state index in [4.69, 9.17) is 33.0 Å². The predicted octanol–water partition coefficient (Wildman–Crippen LogP) is 2.70. The van der Waals surface area contributed by atoms with Gasteiger partial charge in [-0.3, -0.25) is 0 Å². The minimum Gasteiger partial charge on any atom is -0.495 e. The fourth-order valence-corrected chi connectivity index (χ4v) is 1.50. The average Bonchev–Trinajstić information content (AvgIpc) is 2.04. The Balaban J connectivity index is 3.38. The molecule has 0 spiro atoms. The Bertz CT molecular complexity index is 349. The van der Waals surface area contributed by atoms with Gasteiger partial charge in [0.1, 0.15) is 11.3 Å². The lowest BCUT2D eigenvalue weighted by molar-refractivity contribution is 0.0697. The number of hydrogen-bond acceptors (Lipinski definition) is 2. The Morgan fingerprint density at radius 2 is 2.08 bits per heavy atom. The van der Waals surface area contributed by atoms with Crippen LogP contribution in [0, 0.1) is 0 Å². The molecule has 1 rings (SSSR count). The van der Waals surface area contributed by atoms with E-state index < -0.39 is 5.97 Å². The lowest BCUT2D eigenvalue weighted by Crippen LogP contribution is -2.00.